The maximum Gasteiger partial charge on any atom is 0.410 e. The summed E-state index contributed by atoms with van der Waals surface area (Å²) in [6.07, 6.45) is 1.19. The third-order valence-corrected chi connectivity index (χ3v) is 6.84. The Morgan fingerprint density at radius 1 is 1.08 bits per heavy atom. The summed E-state index contributed by atoms with van der Waals surface area (Å²) >= 11 is 0. The van der Waals surface area contributed by atoms with Crippen molar-refractivity contribution in [2.45, 2.75) is 64.1 Å². The van der Waals surface area contributed by atoms with Crippen LogP contribution in [0, 0.1) is 0 Å². The van der Waals surface area contributed by atoms with Crippen molar-refractivity contribution >= 4 is 34.8 Å². The number of carbonyl (C=O) groups excluding carboxylic acids is 4. The van der Waals surface area contributed by atoms with Crippen LogP contribution >= 0.6 is 0 Å². The van der Waals surface area contributed by atoms with Crippen LogP contribution in [0.15, 0.2) is 23.0 Å². The Balaban J connectivity index is 1.55. The number of piperidine rings is 2. The quantitative estimate of drug-likeness (QED) is 0.643. The number of likely N-dealkylation sites (tertiary alicyclic amines) is 1. The molecular weight excluding hydrogens is 466 g/mol. The first kappa shape index (κ1) is 25.5. The van der Waals surface area contributed by atoms with Crippen molar-refractivity contribution in [3.8, 4) is 0 Å². The summed E-state index contributed by atoms with van der Waals surface area (Å²) in [6.45, 7) is 6.37. The standard InChI is InChI=1S/C25H33N5O6/c1-25(2,3)36-24(35)27(4)15-11-13-29(14-12-15)22(33)16-7-6-8-17-20(16)28(5)23(34)30(17)18-9-10-19(31)26-21(18)32/h6-8,15,18H,9-14H2,1-5H3,(H,26,31,32). The Kier molecular flexibility index (Phi) is 6.68. The van der Waals surface area contributed by atoms with Gasteiger partial charge in [-0.1, -0.05) is 6.07 Å². The van der Waals surface area contributed by atoms with Crippen LogP contribution in [-0.4, -0.2) is 74.5 Å². The third kappa shape index (κ3) is 4.74. The molecule has 11 nitrogen and oxygen atoms in total. The maximum absolute atomic E-state index is 13.5. The summed E-state index contributed by atoms with van der Waals surface area (Å²) < 4.78 is 8.21. The van der Waals surface area contributed by atoms with Gasteiger partial charge in [-0.2, -0.15) is 0 Å². The fourth-order valence-electron chi connectivity index (χ4n) is 4.95. The zero-order valence-electron chi connectivity index (χ0n) is 21.4. The first-order chi connectivity index (χ1) is 16.9. The summed E-state index contributed by atoms with van der Waals surface area (Å²) in [5.74, 6) is -1.09. The van der Waals surface area contributed by atoms with E-state index in [1.165, 1.54) is 9.13 Å². The van der Waals surface area contributed by atoms with Gasteiger partial charge in [-0.05, 0) is 52.2 Å². The van der Waals surface area contributed by atoms with Crippen LogP contribution in [0.5, 0.6) is 0 Å². The number of hydrogen-bond donors (Lipinski definition) is 1. The van der Waals surface area contributed by atoms with E-state index < -0.39 is 23.2 Å². The molecular formula is C25H33N5O6. The average Bonchev–Trinajstić information content (AvgIpc) is 3.07. The molecule has 1 aromatic carbocycles. The van der Waals surface area contributed by atoms with E-state index in [4.69, 9.17) is 4.74 Å². The smallest absolute Gasteiger partial charge is 0.410 e. The maximum atomic E-state index is 13.5. The molecule has 1 N–H and O–H groups in total. The highest BCUT2D eigenvalue weighted by Crippen LogP contribution is 2.27. The molecule has 2 aliphatic rings. The summed E-state index contributed by atoms with van der Waals surface area (Å²) in [5, 5.41) is 2.29. The Bertz CT molecular complexity index is 1280. The number of hydrogen-bond acceptors (Lipinski definition) is 6. The second-order valence-corrected chi connectivity index (χ2v) is 10.5. The van der Waals surface area contributed by atoms with Gasteiger partial charge in [0.1, 0.15) is 11.6 Å². The number of fused-ring (bicyclic) bond motifs is 1. The fraction of sp³-hybridized carbons (Fsp3) is 0.560. The monoisotopic (exact) mass is 499 g/mol. The fourth-order valence-corrected chi connectivity index (χ4v) is 4.95. The number of rotatable bonds is 3. The number of nitrogens with one attached hydrogen (secondary N) is 1. The summed E-state index contributed by atoms with van der Waals surface area (Å²) in [7, 11) is 3.29. The number of para-hydroxylation sites is 1. The van der Waals surface area contributed by atoms with Crippen LogP contribution < -0.4 is 11.0 Å². The lowest BCUT2D eigenvalue weighted by Gasteiger charge is -2.37. The van der Waals surface area contributed by atoms with Crippen LogP contribution in [0.1, 0.15) is 62.9 Å². The Labute approximate surface area is 209 Å². The van der Waals surface area contributed by atoms with E-state index in [9.17, 15) is 24.0 Å². The number of aryl methyl sites for hydroxylation is 1. The summed E-state index contributed by atoms with van der Waals surface area (Å²) in [6, 6.07) is 4.22. The van der Waals surface area contributed by atoms with Gasteiger partial charge in [-0.25, -0.2) is 9.59 Å². The van der Waals surface area contributed by atoms with Crippen LogP contribution in [-0.2, 0) is 21.4 Å². The molecule has 2 saturated heterocycles. The van der Waals surface area contributed by atoms with E-state index in [0.717, 1.165) is 0 Å². The highest BCUT2D eigenvalue weighted by molar-refractivity contribution is 6.06. The molecule has 36 heavy (non-hydrogen) atoms. The molecule has 194 valence electrons. The number of carbonyl (C=O) groups is 4. The molecule has 3 heterocycles. The van der Waals surface area contributed by atoms with E-state index in [1.807, 2.05) is 20.8 Å². The van der Waals surface area contributed by atoms with Gasteiger partial charge in [0.05, 0.1) is 16.6 Å². The molecule has 1 atom stereocenters. The number of nitrogens with zero attached hydrogens (tertiary/aromatic N) is 4. The molecule has 2 fully saturated rings. The lowest BCUT2D eigenvalue weighted by molar-refractivity contribution is -0.135. The molecule has 11 heteroatoms. The zero-order chi connectivity index (χ0) is 26.4. The predicted octanol–water partition coefficient (Wildman–Crippen LogP) is 1.79. The van der Waals surface area contributed by atoms with E-state index in [2.05, 4.69) is 5.32 Å². The lowest BCUT2D eigenvalue weighted by Crippen LogP contribution is -2.48. The predicted molar refractivity (Wildman–Crippen MR) is 132 cm³/mol. The zero-order valence-corrected chi connectivity index (χ0v) is 21.4. The largest absolute Gasteiger partial charge is 0.444 e. The van der Waals surface area contributed by atoms with Crippen LogP contribution in [0.2, 0.25) is 0 Å². The molecule has 0 spiro atoms. The number of aromatic nitrogens is 2. The minimum absolute atomic E-state index is 0.0438. The summed E-state index contributed by atoms with van der Waals surface area (Å²) in [4.78, 5) is 66.5. The molecule has 0 aliphatic carbocycles. The van der Waals surface area contributed by atoms with Crippen LogP contribution in [0.4, 0.5) is 4.79 Å². The number of imide groups is 1. The van der Waals surface area contributed by atoms with Crippen molar-refractivity contribution in [3.63, 3.8) is 0 Å². The minimum atomic E-state index is -0.816. The van der Waals surface area contributed by atoms with Crippen molar-refractivity contribution < 1.29 is 23.9 Å². The molecule has 2 aromatic rings. The highest BCUT2D eigenvalue weighted by atomic mass is 16.6. The lowest BCUT2D eigenvalue weighted by atomic mass is 10.0. The second-order valence-electron chi connectivity index (χ2n) is 10.5. The van der Waals surface area contributed by atoms with Crippen molar-refractivity contribution in [3.05, 3.63) is 34.2 Å². The van der Waals surface area contributed by atoms with E-state index in [-0.39, 0.29) is 36.8 Å². The molecule has 0 radical (unpaired) electrons. The van der Waals surface area contributed by atoms with Gasteiger partial charge in [0.2, 0.25) is 11.8 Å². The first-order valence-electron chi connectivity index (χ1n) is 12.2. The molecule has 2 aliphatic heterocycles. The van der Waals surface area contributed by atoms with Gasteiger partial charge < -0.3 is 14.5 Å². The average molecular weight is 500 g/mol. The number of benzene rings is 1. The molecule has 0 saturated carbocycles. The van der Waals surface area contributed by atoms with Gasteiger partial charge in [-0.3, -0.25) is 28.8 Å². The van der Waals surface area contributed by atoms with Gasteiger partial charge in [0.15, 0.2) is 0 Å². The van der Waals surface area contributed by atoms with Crippen molar-refractivity contribution in [1.29, 1.82) is 0 Å². The number of amides is 4. The molecule has 1 aromatic heterocycles. The normalized spacial score (nSPS) is 19.4. The molecule has 0 bridgehead atoms. The van der Waals surface area contributed by atoms with E-state index in [0.29, 0.717) is 42.5 Å². The SMILES string of the molecule is CN(C(=O)OC(C)(C)C)C1CCN(C(=O)c2cccc3c2n(C)c(=O)n3C2CCC(=O)NC2=O)CC1. The minimum Gasteiger partial charge on any atom is -0.444 e. The summed E-state index contributed by atoms with van der Waals surface area (Å²) in [5.41, 5.74) is 0.294. The molecule has 1 unspecified atom stereocenters. The van der Waals surface area contributed by atoms with Gasteiger partial charge in [-0.15, -0.1) is 0 Å². The third-order valence-electron chi connectivity index (χ3n) is 6.84. The molecule has 4 amide bonds. The topological polar surface area (TPSA) is 123 Å². The Hall–Kier alpha value is -3.63. The van der Waals surface area contributed by atoms with Gasteiger partial charge in [0.25, 0.3) is 5.91 Å². The number of ether oxygens (including phenoxy) is 1. The number of imidazole rings is 1. The van der Waals surface area contributed by atoms with Gasteiger partial charge in [0, 0.05) is 39.6 Å². The Morgan fingerprint density at radius 2 is 1.75 bits per heavy atom. The molecule has 4 rings (SSSR count). The second kappa shape index (κ2) is 9.44. The van der Waals surface area contributed by atoms with E-state index >= 15 is 0 Å². The van der Waals surface area contributed by atoms with Gasteiger partial charge >= 0.3 is 11.8 Å². The Morgan fingerprint density at radius 3 is 2.36 bits per heavy atom. The van der Waals surface area contributed by atoms with E-state index in [1.54, 1.807) is 42.1 Å². The first-order valence-corrected chi connectivity index (χ1v) is 12.2. The van der Waals surface area contributed by atoms with Crippen LogP contribution in [0.3, 0.4) is 0 Å². The van der Waals surface area contributed by atoms with Crippen molar-refractivity contribution in [2.75, 3.05) is 20.1 Å². The van der Waals surface area contributed by atoms with Crippen molar-refractivity contribution in [2.24, 2.45) is 7.05 Å². The van der Waals surface area contributed by atoms with Crippen LogP contribution in [0.25, 0.3) is 11.0 Å². The highest BCUT2D eigenvalue weighted by Gasteiger charge is 2.34. The van der Waals surface area contributed by atoms with Crippen molar-refractivity contribution in [1.82, 2.24) is 24.3 Å².